The van der Waals surface area contributed by atoms with E-state index in [0.717, 1.165) is 0 Å². The van der Waals surface area contributed by atoms with Crippen molar-refractivity contribution in [1.29, 1.82) is 0 Å². The number of aromatic nitrogens is 2. The molecule has 0 spiro atoms. The summed E-state index contributed by atoms with van der Waals surface area (Å²) in [5, 5.41) is 0.410. The molecule has 0 aromatic carbocycles. The Labute approximate surface area is 83.4 Å². The lowest BCUT2D eigenvalue weighted by atomic mass is 10.2. The maximum Gasteiger partial charge on any atom is 0.262 e. The molecular weight excluding hydrogens is 196 g/mol. The van der Waals surface area contributed by atoms with Crippen molar-refractivity contribution >= 4 is 11.1 Å². The van der Waals surface area contributed by atoms with Crippen LogP contribution in [0.2, 0.25) is 0 Å². The highest BCUT2D eigenvalue weighted by atomic mass is 16.3. The third kappa shape index (κ3) is 1.10. The van der Waals surface area contributed by atoms with E-state index in [-0.39, 0.29) is 5.56 Å². The molecule has 0 bridgehead atoms. The Balaban J connectivity index is 2.43. The zero-order valence-electron chi connectivity index (χ0n) is 7.56. The van der Waals surface area contributed by atoms with Gasteiger partial charge in [0.05, 0.1) is 18.2 Å². The lowest BCUT2D eigenvalue weighted by Gasteiger charge is -1.89. The second-order valence-corrected chi connectivity index (χ2v) is 3.04. The van der Waals surface area contributed by atoms with Crippen molar-refractivity contribution in [2.45, 2.75) is 0 Å². The first-order valence-corrected chi connectivity index (χ1v) is 4.35. The van der Waals surface area contributed by atoms with Crippen molar-refractivity contribution in [2.24, 2.45) is 0 Å². The van der Waals surface area contributed by atoms with Crippen molar-refractivity contribution in [3.8, 4) is 11.3 Å². The van der Waals surface area contributed by atoms with Crippen LogP contribution in [0.4, 0.5) is 0 Å². The normalized spacial score (nSPS) is 10.9. The summed E-state index contributed by atoms with van der Waals surface area (Å²) in [6.07, 6.45) is 4.31. The molecule has 3 rings (SSSR count). The molecule has 0 saturated heterocycles. The van der Waals surface area contributed by atoms with E-state index in [1.54, 1.807) is 18.4 Å². The molecule has 15 heavy (non-hydrogen) atoms. The number of furan rings is 2. The van der Waals surface area contributed by atoms with Crippen LogP contribution < -0.4 is 5.56 Å². The molecule has 0 atom stereocenters. The maximum absolute atomic E-state index is 11.6. The van der Waals surface area contributed by atoms with Gasteiger partial charge in [0.1, 0.15) is 17.4 Å². The van der Waals surface area contributed by atoms with Crippen LogP contribution in [0.5, 0.6) is 0 Å². The topological polar surface area (TPSA) is 72.0 Å². The van der Waals surface area contributed by atoms with Gasteiger partial charge in [-0.25, -0.2) is 4.98 Å². The molecule has 3 aromatic heterocycles. The van der Waals surface area contributed by atoms with Gasteiger partial charge >= 0.3 is 0 Å². The predicted octanol–water partition coefficient (Wildman–Crippen LogP) is 1.78. The van der Waals surface area contributed by atoms with Gasteiger partial charge in [-0.2, -0.15) is 0 Å². The second kappa shape index (κ2) is 2.84. The zero-order chi connectivity index (χ0) is 10.3. The van der Waals surface area contributed by atoms with Crippen molar-refractivity contribution in [3.05, 3.63) is 41.3 Å². The minimum absolute atomic E-state index is 0.236. The van der Waals surface area contributed by atoms with E-state index in [2.05, 4.69) is 9.97 Å². The van der Waals surface area contributed by atoms with Crippen LogP contribution in [0.1, 0.15) is 0 Å². The van der Waals surface area contributed by atoms with Crippen molar-refractivity contribution in [1.82, 2.24) is 9.97 Å². The highest BCUT2D eigenvalue weighted by Crippen LogP contribution is 2.26. The summed E-state index contributed by atoms with van der Waals surface area (Å²) in [5.41, 5.74) is 0.689. The smallest absolute Gasteiger partial charge is 0.262 e. The second-order valence-electron chi connectivity index (χ2n) is 3.04. The lowest BCUT2D eigenvalue weighted by Crippen LogP contribution is -2.05. The zero-order valence-corrected chi connectivity index (χ0v) is 7.56. The van der Waals surface area contributed by atoms with Crippen molar-refractivity contribution < 1.29 is 8.83 Å². The molecule has 0 fully saturated rings. The molecule has 0 aliphatic carbocycles. The minimum atomic E-state index is -0.236. The monoisotopic (exact) mass is 202 g/mol. The average molecular weight is 202 g/mol. The predicted molar refractivity (Wildman–Crippen MR) is 52.3 cm³/mol. The van der Waals surface area contributed by atoms with E-state index in [4.69, 9.17) is 8.83 Å². The van der Waals surface area contributed by atoms with E-state index in [9.17, 15) is 4.79 Å². The third-order valence-electron chi connectivity index (χ3n) is 2.16. The van der Waals surface area contributed by atoms with Gasteiger partial charge in [0.15, 0.2) is 0 Å². The standard InChI is InChI=1S/C10H6N2O3/c13-9-8-6(7-2-1-3-14-7)4-15-10(8)12-5-11-9/h1-5H,(H,11,12,13). The number of nitrogens with zero attached hydrogens (tertiary/aromatic N) is 1. The summed E-state index contributed by atoms with van der Waals surface area (Å²) in [7, 11) is 0. The molecule has 3 heterocycles. The Hall–Kier alpha value is -2.30. The first-order valence-electron chi connectivity index (χ1n) is 4.35. The van der Waals surface area contributed by atoms with Gasteiger partial charge in [0.25, 0.3) is 5.56 Å². The molecule has 0 amide bonds. The summed E-state index contributed by atoms with van der Waals surface area (Å²) in [5.74, 6) is 0.590. The highest BCUT2D eigenvalue weighted by molar-refractivity contribution is 5.89. The Morgan fingerprint density at radius 2 is 2.27 bits per heavy atom. The Morgan fingerprint density at radius 3 is 3.07 bits per heavy atom. The summed E-state index contributed by atoms with van der Waals surface area (Å²) in [4.78, 5) is 18.0. The van der Waals surface area contributed by atoms with Crippen LogP contribution >= 0.6 is 0 Å². The number of nitrogens with one attached hydrogen (secondary N) is 1. The SMILES string of the molecule is O=c1[nH]cnc2occ(-c3ccco3)c12. The van der Waals surface area contributed by atoms with Crippen molar-refractivity contribution in [3.63, 3.8) is 0 Å². The van der Waals surface area contributed by atoms with Gasteiger partial charge in [-0.05, 0) is 12.1 Å². The van der Waals surface area contributed by atoms with E-state index >= 15 is 0 Å². The number of hydrogen-bond donors (Lipinski definition) is 1. The number of fused-ring (bicyclic) bond motifs is 1. The molecule has 0 saturated carbocycles. The highest BCUT2D eigenvalue weighted by Gasteiger charge is 2.13. The number of rotatable bonds is 1. The van der Waals surface area contributed by atoms with Gasteiger partial charge in [0.2, 0.25) is 5.71 Å². The lowest BCUT2D eigenvalue weighted by molar-refractivity contribution is 0.575. The summed E-state index contributed by atoms with van der Waals surface area (Å²) >= 11 is 0. The maximum atomic E-state index is 11.6. The fourth-order valence-electron chi connectivity index (χ4n) is 1.50. The number of hydrogen-bond acceptors (Lipinski definition) is 4. The first-order chi connectivity index (χ1) is 7.36. The molecule has 5 heteroatoms. The Bertz CT molecular complexity index is 649. The van der Waals surface area contributed by atoms with Crippen LogP contribution in [0.15, 0.2) is 44.6 Å². The Morgan fingerprint density at radius 1 is 1.33 bits per heavy atom. The fraction of sp³-hybridized carbons (Fsp3) is 0. The number of H-pyrrole nitrogens is 1. The molecular formula is C10H6N2O3. The van der Waals surface area contributed by atoms with Crippen LogP contribution in [-0.4, -0.2) is 9.97 Å². The van der Waals surface area contributed by atoms with Crippen LogP contribution in [-0.2, 0) is 0 Å². The van der Waals surface area contributed by atoms with Gasteiger partial charge in [-0.15, -0.1) is 0 Å². The molecule has 3 aromatic rings. The van der Waals surface area contributed by atoms with Gasteiger partial charge < -0.3 is 13.8 Å². The molecule has 74 valence electrons. The van der Waals surface area contributed by atoms with Gasteiger partial charge in [0, 0.05) is 0 Å². The van der Waals surface area contributed by atoms with E-state index in [1.165, 1.54) is 12.6 Å². The van der Waals surface area contributed by atoms with E-state index in [1.807, 2.05) is 0 Å². The first kappa shape index (κ1) is 8.05. The van der Waals surface area contributed by atoms with Gasteiger partial charge in [-0.1, -0.05) is 0 Å². The number of aromatic amines is 1. The van der Waals surface area contributed by atoms with Crippen molar-refractivity contribution in [2.75, 3.05) is 0 Å². The van der Waals surface area contributed by atoms with Crippen LogP contribution in [0.3, 0.4) is 0 Å². The van der Waals surface area contributed by atoms with Crippen LogP contribution in [0.25, 0.3) is 22.4 Å². The van der Waals surface area contributed by atoms with Gasteiger partial charge in [-0.3, -0.25) is 4.79 Å². The van der Waals surface area contributed by atoms with E-state index in [0.29, 0.717) is 22.4 Å². The molecule has 0 unspecified atom stereocenters. The van der Waals surface area contributed by atoms with Crippen LogP contribution in [0, 0.1) is 0 Å². The quantitative estimate of drug-likeness (QED) is 0.652. The summed E-state index contributed by atoms with van der Waals surface area (Å²) < 4.78 is 10.4. The fourth-order valence-corrected chi connectivity index (χ4v) is 1.50. The average Bonchev–Trinajstić information content (AvgIpc) is 2.85. The molecule has 0 radical (unpaired) electrons. The molecule has 1 N–H and O–H groups in total. The third-order valence-corrected chi connectivity index (χ3v) is 2.16. The molecule has 0 aliphatic rings. The largest absolute Gasteiger partial charge is 0.464 e. The summed E-state index contributed by atoms with van der Waals surface area (Å²) in [6.45, 7) is 0. The molecule has 5 nitrogen and oxygen atoms in total. The minimum Gasteiger partial charge on any atom is -0.464 e. The summed E-state index contributed by atoms with van der Waals surface area (Å²) in [6, 6.07) is 3.51. The molecule has 0 aliphatic heterocycles. The Kier molecular flexibility index (Phi) is 1.53. The van der Waals surface area contributed by atoms with E-state index < -0.39 is 0 Å².